The molecule has 144 valence electrons. The fourth-order valence-electron chi connectivity index (χ4n) is 3.41. The van der Waals surface area contributed by atoms with Crippen LogP contribution in [0.3, 0.4) is 0 Å². The van der Waals surface area contributed by atoms with Crippen LogP contribution in [0.2, 0.25) is 0 Å². The van der Waals surface area contributed by atoms with Crippen LogP contribution in [0.25, 0.3) is 0 Å². The Hall–Kier alpha value is -1.77. The molecule has 0 aromatic heterocycles. The van der Waals surface area contributed by atoms with E-state index >= 15 is 0 Å². The zero-order valence-corrected chi connectivity index (χ0v) is 15.9. The van der Waals surface area contributed by atoms with Gasteiger partial charge in [0.15, 0.2) is 6.29 Å². The summed E-state index contributed by atoms with van der Waals surface area (Å²) in [6.45, 7) is 2.78. The monoisotopic (exact) mass is 389 g/mol. The number of benzene rings is 2. The number of nitrogens with one attached hydrogen (secondary N) is 1. The number of aryl methyl sites for hydroxylation is 1. The van der Waals surface area contributed by atoms with Gasteiger partial charge in [-0.15, -0.1) is 0 Å². The van der Waals surface area contributed by atoms with Crippen LogP contribution in [-0.2, 0) is 30.8 Å². The van der Waals surface area contributed by atoms with Crippen LogP contribution in [0.15, 0.2) is 59.5 Å². The van der Waals surface area contributed by atoms with Crippen molar-refractivity contribution in [1.82, 2.24) is 4.72 Å². The first-order valence-corrected chi connectivity index (χ1v) is 10.5. The van der Waals surface area contributed by atoms with Crippen molar-refractivity contribution in [2.75, 3.05) is 6.61 Å². The summed E-state index contributed by atoms with van der Waals surface area (Å²) < 4.78 is 45.9. The first-order valence-electron chi connectivity index (χ1n) is 9.03. The number of rotatable bonds is 6. The van der Waals surface area contributed by atoms with Crippen molar-refractivity contribution in [3.63, 3.8) is 0 Å². The SMILES string of the molecule is Cc1ccc(S(=O)(=O)N[C@H]2[C@@H]3OC[C@H](C[C@@H]2OCc2ccccc2)O3)cc1. The molecule has 2 aliphatic rings. The summed E-state index contributed by atoms with van der Waals surface area (Å²) in [6.07, 6.45) is -0.429. The van der Waals surface area contributed by atoms with Crippen LogP contribution < -0.4 is 4.72 Å². The fourth-order valence-corrected chi connectivity index (χ4v) is 4.66. The minimum atomic E-state index is -3.71. The predicted molar refractivity (Wildman–Crippen MR) is 99.5 cm³/mol. The van der Waals surface area contributed by atoms with E-state index in [4.69, 9.17) is 14.2 Å². The number of sulfonamides is 1. The fraction of sp³-hybridized carbons (Fsp3) is 0.400. The number of ether oxygens (including phenoxy) is 3. The van der Waals surface area contributed by atoms with Gasteiger partial charge in [0, 0.05) is 6.42 Å². The highest BCUT2D eigenvalue weighted by atomic mass is 32.2. The van der Waals surface area contributed by atoms with E-state index in [1.54, 1.807) is 24.3 Å². The lowest BCUT2D eigenvalue weighted by molar-refractivity contribution is -0.152. The zero-order chi connectivity index (χ0) is 18.9. The van der Waals surface area contributed by atoms with Gasteiger partial charge in [-0.1, -0.05) is 48.0 Å². The average Bonchev–Trinajstić information content (AvgIpc) is 3.07. The molecule has 6 nitrogen and oxygen atoms in total. The van der Waals surface area contributed by atoms with Crippen molar-refractivity contribution in [1.29, 1.82) is 0 Å². The molecule has 2 aliphatic heterocycles. The zero-order valence-electron chi connectivity index (χ0n) is 15.1. The highest BCUT2D eigenvalue weighted by Crippen LogP contribution is 2.31. The molecule has 0 spiro atoms. The van der Waals surface area contributed by atoms with Crippen molar-refractivity contribution in [3.8, 4) is 0 Å². The Morgan fingerprint density at radius 2 is 1.85 bits per heavy atom. The van der Waals surface area contributed by atoms with Gasteiger partial charge in [-0.2, -0.15) is 0 Å². The second-order valence-electron chi connectivity index (χ2n) is 6.99. The molecule has 4 rings (SSSR count). The van der Waals surface area contributed by atoms with Gasteiger partial charge >= 0.3 is 0 Å². The molecule has 27 heavy (non-hydrogen) atoms. The maximum atomic E-state index is 12.8. The molecule has 0 amide bonds. The van der Waals surface area contributed by atoms with Gasteiger partial charge in [0.1, 0.15) is 0 Å². The van der Waals surface area contributed by atoms with E-state index in [1.165, 1.54) is 0 Å². The van der Waals surface area contributed by atoms with Crippen molar-refractivity contribution >= 4 is 10.0 Å². The first kappa shape index (κ1) is 18.6. The van der Waals surface area contributed by atoms with Crippen LogP contribution in [-0.4, -0.2) is 39.6 Å². The molecule has 2 saturated heterocycles. The molecule has 7 heteroatoms. The molecule has 0 unspecified atom stereocenters. The van der Waals surface area contributed by atoms with E-state index in [0.717, 1.165) is 11.1 Å². The summed E-state index contributed by atoms with van der Waals surface area (Å²) in [6, 6.07) is 16.0. The highest BCUT2D eigenvalue weighted by Gasteiger charge is 2.46. The predicted octanol–water partition coefficient (Wildman–Crippen LogP) is 2.37. The third-order valence-corrected chi connectivity index (χ3v) is 6.37. The van der Waals surface area contributed by atoms with Gasteiger partial charge in [-0.3, -0.25) is 0 Å². The molecular weight excluding hydrogens is 366 g/mol. The second kappa shape index (κ2) is 7.69. The quantitative estimate of drug-likeness (QED) is 0.821. The summed E-state index contributed by atoms with van der Waals surface area (Å²) in [7, 11) is -3.71. The summed E-state index contributed by atoms with van der Waals surface area (Å²) >= 11 is 0. The van der Waals surface area contributed by atoms with E-state index in [-0.39, 0.29) is 17.1 Å². The maximum absolute atomic E-state index is 12.8. The topological polar surface area (TPSA) is 73.9 Å². The van der Waals surface area contributed by atoms with Gasteiger partial charge in [0.2, 0.25) is 10.0 Å². The van der Waals surface area contributed by atoms with Crippen LogP contribution in [0.4, 0.5) is 0 Å². The Morgan fingerprint density at radius 3 is 2.59 bits per heavy atom. The Morgan fingerprint density at radius 1 is 1.11 bits per heavy atom. The van der Waals surface area contributed by atoms with E-state index < -0.39 is 22.4 Å². The van der Waals surface area contributed by atoms with Gasteiger partial charge in [-0.05, 0) is 24.6 Å². The summed E-state index contributed by atoms with van der Waals surface area (Å²) in [5.74, 6) is 0. The van der Waals surface area contributed by atoms with Crippen molar-refractivity contribution in [2.45, 2.75) is 49.4 Å². The number of hydrogen-bond acceptors (Lipinski definition) is 5. The molecule has 0 aliphatic carbocycles. The second-order valence-corrected chi connectivity index (χ2v) is 8.70. The lowest BCUT2D eigenvalue weighted by Crippen LogP contribution is -2.55. The Bertz CT molecular complexity index is 869. The molecule has 0 radical (unpaired) electrons. The normalized spacial score (nSPS) is 27.6. The van der Waals surface area contributed by atoms with Crippen LogP contribution in [0, 0.1) is 6.92 Å². The molecule has 2 heterocycles. The maximum Gasteiger partial charge on any atom is 0.241 e. The average molecular weight is 389 g/mol. The Kier molecular flexibility index (Phi) is 5.29. The third-order valence-electron chi connectivity index (χ3n) is 4.89. The van der Waals surface area contributed by atoms with Gasteiger partial charge < -0.3 is 14.2 Å². The molecule has 2 aromatic carbocycles. The molecule has 2 fully saturated rings. The van der Waals surface area contributed by atoms with Crippen molar-refractivity contribution < 1.29 is 22.6 Å². The van der Waals surface area contributed by atoms with Crippen LogP contribution in [0.1, 0.15) is 17.5 Å². The Balaban J connectivity index is 1.51. The van der Waals surface area contributed by atoms with E-state index in [1.807, 2.05) is 37.3 Å². The summed E-state index contributed by atoms with van der Waals surface area (Å²) in [5.41, 5.74) is 2.04. The van der Waals surface area contributed by atoms with Gasteiger partial charge in [0.05, 0.1) is 36.4 Å². The lowest BCUT2D eigenvalue weighted by Gasteiger charge is -2.35. The smallest absolute Gasteiger partial charge is 0.241 e. The molecule has 0 saturated carbocycles. The molecule has 4 atom stereocenters. The standard InChI is InChI=1S/C20H23NO5S/c1-14-7-9-17(10-8-14)27(22,23)21-19-18(11-16-13-25-20(19)26-16)24-12-15-5-3-2-4-6-15/h2-10,16,18-21H,11-13H2,1H3/t16-,18-,19+,20+/m0/s1. The largest absolute Gasteiger partial charge is 0.372 e. The summed E-state index contributed by atoms with van der Waals surface area (Å²) in [4.78, 5) is 0.218. The van der Waals surface area contributed by atoms with E-state index in [0.29, 0.717) is 19.6 Å². The summed E-state index contributed by atoms with van der Waals surface area (Å²) in [5, 5.41) is 0. The van der Waals surface area contributed by atoms with Gasteiger partial charge in [-0.25, -0.2) is 13.1 Å². The number of fused-ring (bicyclic) bond motifs is 2. The minimum Gasteiger partial charge on any atom is -0.372 e. The highest BCUT2D eigenvalue weighted by molar-refractivity contribution is 7.89. The molecule has 2 aromatic rings. The molecule has 1 N–H and O–H groups in total. The lowest BCUT2D eigenvalue weighted by atomic mass is 10.0. The molecule has 2 bridgehead atoms. The van der Waals surface area contributed by atoms with E-state index in [2.05, 4.69) is 4.72 Å². The van der Waals surface area contributed by atoms with Crippen molar-refractivity contribution in [3.05, 3.63) is 65.7 Å². The van der Waals surface area contributed by atoms with Crippen LogP contribution in [0.5, 0.6) is 0 Å². The van der Waals surface area contributed by atoms with Gasteiger partial charge in [0.25, 0.3) is 0 Å². The number of hydrogen-bond donors (Lipinski definition) is 1. The molecular formula is C20H23NO5S. The van der Waals surface area contributed by atoms with Crippen molar-refractivity contribution in [2.24, 2.45) is 0 Å². The third kappa shape index (κ3) is 4.23. The minimum absolute atomic E-state index is 0.0593. The Labute approximate surface area is 159 Å². The first-order chi connectivity index (χ1) is 13.0. The van der Waals surface area contributed by atoms with Crippen LogP contribution >= 0.6 is 0 Å². The van der Waals surface area contributed by atoms with E-state index in [9.17, 15) is 8.42 Å².